The summed E-state index contributed by atoms with van der Waals surface area (Å²) in [4.78, 5) is 18.9. The molecule has 0 N–H and O–H groups in total. The van der Waals surface area contributed by atoms with Crippen molar-refractivity contribution in [2.24, 2.45) is 0 Å². The Morgan fingerprint density at radius 2 is 1.53 bits per heavy atom. The zero-order chi connectivity index (χ0) is 21.6. The van der Waals surface area contributed by atoms with Crippen LogP contribution in [0.4, 0.5) is 19.0 Å². The summed E-state index contributed by atoms with van der Waals surface area (Å²) in [7, 11) is 1.49. The van der Waals surface area contributed by atoms with E-state index in [2.05, 4.69) is 4.98 Å². The number of anilines is 1. The number of ether oxygens (including phenoxy) is 1. The third-order valence-electron chi connectivity index (χ3n) is 4.65. The number of benzene rings is 2. The van der Waals surface area contributed by atoms with Crippen molar-refractivity contribution in [3.63, 3.8) is 0 Å². The van der Waals surface area contributed by atoms with E-state index in [0.29, 0.717) is 0 Å². The topological polar surface area (TPSA) is 42.4 Å². The number of nitrogens with zero attached hydrogens (tertiary/aromatic N) is 2. The van der Waals surface area contributed by atoms with Gasteiger partial charge in [-0.3, -0.25) is 9.69 Å². The van der Waals surface area contributed by atoms with Gasteiger partial charge >= 0.3 is 6.18 Å². The highest BCUT2D eigenvalue weighted by Gasteiger charge is 2.32. The van der Waals surface area contributed by atoms with Crippen molar-refractivity contribution in [2.45, 2.75) is 12.1 Å². The smallest absolute Gasteiger partial charge is 0.383 e. The van der Waals surface area contributed by atoms with E-state index in [4.69, 9.17) is 4.74 Å². The number of hydrogen-bond acceptors (Lipinski definition) is 3. The standard InChI is InChI=1S/C23H21F3N2O2/c1-30-15-14-28(20-13-12-19(16-27-20)23(24,25)26)22(29)21(17-8-4-2-5-9-17)18-10-6-3-7-11-18/h2-13,16,21H,14-15H2,1H3. The fourth-order valence-electron chi connectivity index (χ4n) is 3.16. The maximum Gasteiger partial charge on any atom is 0.417 e. The molecule has 0 radical (unpaired) electrons. The minimum absolute atomic E-state index is 0.141. The van der Waals surface area contributed by atoms with Crippen LogP contribution in [0.2, 0.25) is 0 Å². The van der Waals surface area contributed by atoms with Crippen LogP contribution >= 0.6 is 0 Å². The average Bonchev–Trinajstić information content (AvgIpc) is 2.75. The number of carbonyl (C=O) groups is 1. The van der Waals surface area contributed by atoms with Gasteiger partial charge in [0.05, 0.1) is 24.6 Å². The predicted molar refractivity (Wildman–Crippen MR) is 108 cm³/mol. The molecule has 0 fully saturated rings. The van der Waals surface area contributed by atoms with E-state index in [1.54, 1.807) is 0 Å². The summed E-state index contributed by atoms with van der Waals surface area (Å²) in [5.41, 5.74) is 0.694. The van der Waals surface area contributed by atoms with Gasteiger partial charge in [0.25, 0.3) is 0 Å². The lowest BCUT2D eigenvalue weighted by atomic mass is 9.90. The second-order valence-electron chi connectivity index (χ2n) is 6.64. The molecule has 0 atom stereocenters. The highest BCUT2D eigenvalue weighted by Crippen LogP contribution is 2.31. The van der Waals surface area contributed by atoms with Crippen molar-refractivity contribution in [3.8, 4) is 0 Å². The molecule has 0 saturated carbocycles. The Kier molecular flexibility index (Phi) is 6.84. The van der Waals surface area contributed by atoms with Crippen LogP contribution in [-0.2, 0) is 15.7 Å². The van der Waals surface area contributed by atoms with E-state index < -0.39 is 17.7 Å². The largest absolute Gasteiger partial charge is 0.417 e. The molecule has 2 aromatic carbocycles. The molecule has 0 bridgehead atoms. The first-order chi connectivity index (χ1) is 14.4. The van der Waals surface area contributed by atoms with E-state index in [0.717, 1.165) is 23.4 Å². The Labute approximate surface area is 172 Å². The quantitative estimate of drug-likeness (QED) is 0.552. The van der Waals surface area contributed by atoms with Gasteiger partial charge in [0.15, 0.2) is 0 Å². The number of carbonyl (C=O) groups excluding carboxylic acids is 1. The summed E-state index contributed by atoms with van der Waals surface area (Å²) in [6.45, 7) is 0.370. The van der Waals surface area contributed by atoms with Crippen molar-refractivity contribution >= 4 is 11.7 Å². The number of alkyl halides is 3. The van der Waals surface area contributed by atoms with Crippen molar-refractivity contribution in [1.29, 1.82) is 0 Å². The van der Waals surface area contributed by atoms with Gasteiger partial charge in [-0.2, -0.15) is 13.2 Å². The molecule has 0 spiro atoms. The summed E-state index contributed by atoms with van der Waals surface area (Å²) in [6, 6.07) is 20.6. The van der Waals surface area contributed by atoms with Gasteiger partial charge in [0.1, 0.15) is 5.82 Å². The Morgan fingerprint density at radius 1 is 0.967 bits per heavy atom. The first-order valence-corrected chi connectivity index (χ1v) is 9.35. The molecule has 0 saturated heterocycles. The molecule has 1 amide bonds. The predicted octanol–water partition coefficient (Wildman–Crippen LogP) is 4.91. The van der Waals surface area contributed by atoms with Gasteiger partial charge in [-0.05, 0) is 23.3 Å². The summed E-state index contributed by atoms with van der Waals surface area (Å²) >= 11 is 0. The lowest BCUT2D eigenvalue weighted by molar-refractivity contribution is -0.137. The molecular formula is C23H21F3N2O2. The molecule has 30 heavy (non-hydrogen) atoms. The maximum atomic E-state index is 13.6. The van der Waals surface area contributed by atoms with Crippen molar-refractivity contribution in [3.05, 3.63) is 95.7 Å². The summed E-state index contributed by atoms with van der Waals surface area (Å²) < 4.78 is 43.8. The number of methoxy groups -OCH3 is 1. The van der Waals surface area contributed by atoms with Crippen LogP contribution in [0.5, 0.6) is 0 Å². The van der Waals surface area contributed by atoms with Crippen molar-refractivity contribution < 1.29 is 22.7 Å². The number of pyridine rings is 1. The molecule has 156 valence electrons. The monoisotopic (exact) mass is 414 g/mol. The van der Waals surface area contributed by atoms with Crippen molar-refractivity contribution in [2.75, 3.05) is 25.2 Å². The van der Waals surface area contributed by atoms with E-state index in [-0.39, 0.29) is 24.9 Å². The maximum absolute atomic E-state index is 13.6. The molecule has 3 aromatic rings. The Bertz CT molecular complexity index is 906. The lowest BCUT2D eigenvalue weighted by Crippen LogP contribution is -2.38. The number of hydrogen-bond donors (Lipinski definition) is 0. The molecule has 0 aliphatic heterocycles. The van der Waals surface area contributed by atoms with E-state index in [1.165, 1.54) is 18.1 Å². The van der Waals surface area contributed by atoms with Crippen LogP contribution in [0.3, 0.4) is 0 Å². The van der Waals surface area contributed by atoms with Gasteiger partial charge in [-0.1, -0.05) is 60.7 Å². The molecule has 1 heterocycles. The van der Waals surface area contributed by atoms with Gasteiger partial charge in [-0.25, -0.2) is 4.98 Å². The lowest BCUT2D eigenvalue weighted by Gasteiger charge is -2.27. The average molecular weight is 414 g/mol. The van der Waals surface area contributed by atoms with Gasteiger partial charge in [0, 0.05) is 13.3 Å². The highest BCUT2D eigenvalue weighted by molar-refractivity contribution is 5.99. The molecule has 0 unspecified atom stereocenters. The first kappa shape index (κ1) is 21.5. The zero-order valence-electron chi connectivity index (χ0n) is 16.3. The molecule has 3 rings (SSSR count). The zero-order valence-corrected chi connectivity index (χ0v) is 16.3. The van der Waals surface area contributed by atoms with Gasteiger partial charge < -0.3 is 4.74 Å². The third-order valence-corrected chi connectivity index (χ3v) is 4.65. The summed E-state index contributed by atoms with van der Waals surface area (Å²) in [5, 5.41) is 0. The van der Waals surface area contributed by atoms with E-state index >= 15 is 0 Å². The van der Waals surface area contributed by atoms with E-state index in [1.807, 2.05) is 60.7 Å². The first-order valence-electron chi connectivity index (χ1n) is 9.35. The fourth-order valence-corrected chi connectivity index (χ4v) is 3.16. The van der Waals surface area contributed by atoms with Gasteiger partial charge in [0.2, 0.25) is 5.91 Å². The Hall–Kier alpha value is -3.19. The normalized spacial score (nSPS) is 11.5. The molecule has 0 aliphatic rings. The second-order valence-corrected chi connectivity index (χ2v) is 6.64. The second kappa shape index (κ2) is 9.54. The minimum Gasteiger partial charge on any atom is -0.383 e. The summed E-state index contributed by atoms with van der Waals surface area (Å²) in [6.07, 6.45) is -3.76. The van der Waals surface area contributed by atoms with Crippen LogP contribution in [0.1, 0.15) is 22.6 Å². The van der Waals surface area contributed by atoms with Crippen LogP contribution in [0, 0.1) is 0 Å². The molecular weight excluding hydrogens is 393 g/mol. The molecule has 1 aromatic heterocycles. The number of amides is 1. The van der Waals surface area contributed by atoms with Crippen LogP contribution in [0.15, 0.2) is 79.0 Å². The van der Waals surface area contributed by atoms with Gasteiger partial charge in [-0.15, -0.1) is 0 Å². The Balaban J connectivity index is 2.01. The van der Waals surface area contributed by atoms with Crippen LogP contribution in [-0.4, -0.2) is 31.2 Å². The van der Waals surface area contributed by atoms with E-state index in [9.17, 15) is 18.0 Å². The SMILES string of the molecule is COCCN(C(=O)C(c1ccccc1)c1ccccc1)c1ccc(C(F)(F)F)cn1. The minimum atomic E-state index is -4.50. The number of aromatic nitrogens is 1. The summed E-state index contributed by atoms with van der Waals surface area (Å²) in [5.74, 6) is -0.785. The number of halogens is 3. The highest BCUT2D eigenvalue weighted by atomic mass is 19.4. The van der Waals surface area contributed by atoms with Crippen LogP contribution < -0.4 is 4.90 Å². The van der Waals surface area contributed by atoms with Crippen molar-refractivity contribution in [1.82, 2.24) is 4.98 Å². The third kappa shape index (κ3) is 5.04. The Morgan fingerprint density at radius 3 is 1.97 bits per heavy atom. The molecule has 0 aliphatic carbocycles. The number of rotatable bonds is 7. The van der Waals surface area contributed by atoms with Crippen LogP contribution in [0.25, 0.3) is 0 Å². The fraction of sp³-hybridized carbons (Fsp3) is 0.217. The molecule has 4 nitrogen and oxygen atoms in total. The molecule has 7 heteroatoms.